The minimum absolute atomic E-state index is 0.00193. The minimum Gasteiger partial charge on any atom is -0.401 e. The summed E-state index contributed by atoms with van der Waals surface area (Å²) in [7, 11) is 0. The molecule has 0 aliphatic heterocycles. The number of nitrogens with zero attached hydrogens (tertiary/aromatic N) is 6. The second kappa shape index (κ2) is 6.42. The van der Waals surface area contributed by atoms with Crippen LogP contribution in [0.5, 0.6) is 0 Å². The number of hydrogen-bond donors (Lipinski definition) is 0. The molecule has 0 bridgehead atoms. The highest BCUT2D eigenvalue weighted by Crippen LogP contribution is 2.27. The van der Waals surface area contributed by atoms with Crippen molar-refractivity contribution in [1.29, 1.82) is 0 Å². The van der Waals surface area contributed by atoms with E-state index in [0.717, 1.165) is 0 Å². The van der Waals surface area contributed by atoms with Gasteiger partial charge in [0, 0.05) is 17.7 Å². The molecule has 0 spiro atoms. The maximum atomic E-state index is 10.7. The number of nitro benzene ring substituents is 1. The fraction of sp³-hybridized carbons (Fsp3) is 0. The molecule has 0 aliphatic carbocycles. The standard InChI is InChI=1S/C15H8N6O5S/c22-20(23)10-3-1-9(2-4-10)14-18-19-12(16-17-15(19)27-14)7-5-11-6-8-13(26-11)21(24)25/h1-8H/b7-5+. The second-order valence-electron chi connectivity index (χ2n) is 5.23. The van der Waals surface area contributed by atoms with Gasteiger partial charge in [-0.1, -0.05) is 11.3 Å². The Morgan fingerprint density at radius 1 is 1.00 bits per heavy atom. The van der Waals surface area contributed by atoms with Crippen molar-refractivity contribution in [2.45, 2.75) is 0 Å². The number of fused-ring (bicyclic) bond motifs is 1. The normalized spacial score (nSPS) is 11.4. The van der Waals surface area contributed by atoms with Gasteiger partial charge in [-0.3, -0.25) is 20.2 Å². The van der Waals surface area contributed by atoms with Crippen LogP contribution in [0.15, 0.2) is 40.8 Å². The molecule has 0 unspecified atom stereocenters. The van der Waals surface area contributed by atoms with E-state index in [1.54, 1.807) is 18.2 Å². The van der Waals surface area contributed by atoms with Crippen LogP contribution in [0.2, 0.25) is 0 Å². The maximum Gasteiger partial charge on any atom is 0.433 e. The number of hydrogen-bond acceptors (Lipinski definition) is 9. The number of nitro groups is 2. The van der Waals surface area contributed by atoms with Gasteiger partial charge < -0.3 is 4.42 Å². The number of furan rings is 1. The molecule has 27 heavy (non-hydrogen) atoms. The summed E-state index contributed by atoms with van der Waals surface area (Å²) in [6.07, 6.45) is 3.09. The van der Waals surface area contributed by atoms with Gasteiger partial charge in [0.15, 0.2) is 5.82 Å². The predicted molar refractivity (Wildman–Crippen MR) is 95.0 cm³/mol. The molecule has 0 N–H and O–H groups in total. The molecule has 0 aliphatic rings. The molecule has 11 nitrogen and oxygen atoms in total. The molecule has 3 heterocycles. The molecule has 0 saturated heterocycles. The largest absolute Gasteiger partial charge is 0.433 e. The quantitative estimate of drug-likeness (QED) is 0.376. The third-order valence-electron chi connectivity index (χ3n) is 3.53. The van der Waals surface area contributed by atoms with Crippen molar-refractivity contribution in [3.05, 3.63) is 68.2 Å². The van der Waals surface area contributed by atoms with Gasteiger partial charge in [0.05, 0.1) is 11.0 Å². The first-order chi connectivity index (χ1) is 13.0. The Kier molecular flexibility index (Phi) is 3.93. The van der Waals surface area contributed by atoms with Crippen LogP contribution < -0.4 is 0 Å². The highest BCUT2D eigenvalue weighted by molar-refractivity contribution is 7.19. The maximum absolute atomic E-state index is 10.7. The van der Waals surface area contributed by atoms with Crippen LogP contribution in [0.25, 0.3) is 27.7 Å². The van der Waals surface area contributed by atoms with Crippen molar-refractivity contribution in [1.82, 2.24) is 19.8 Å². The molecular weight excluding hydrogens is 376 g/mol. The summed E-state index contributed by atoms with van der Waals surface area (Å²) in [5, 5.41) is 34.4. The van der Waals surface area contributed by atoms with Crippen molar-refractivity contribution in [3.8, 4) is 10.6 Å². The van der Waals surface area contributed by atoms with E-state index in [0.29, 0.717) is 27.1 Å². The topological polar surface area (TPSA) is 142 Å². The van der Waals surface area contributed by atoms with E-state index < -0.39 is 9.85 Å². The van der Waals surface area contributed by atoms with Crippen molar-refractivity contribution in [2.75, 3.05) is 0 Å². The van der Waals surface area contributed by atoms with Crippen LogP contribution in [-0.4, -0.2) is 29.7 Å². The van der Waals surface area contributed by atoms with E-state index in [4.69, 9.17) is 4.42 Å². The van der Waals surface area contributed by atoms with Crippen LogP contribution in [-0.2, 0) is 0 Å². The lowest BCUT2D eigenvalue weighted by Crippen LogP contribution is -1.90. The molecule has 134 valence electrons. The van der Waals surface area contributed by atoms with Gasteiger partial charge in [-0.15, -0.1) is 10.2 Å². The molecule has 1 aromatic carbocycles. The number of aromatic nitrogens is 4. The second-order valence-corrected chi connectivity index (χ2v) is 6.19. The summed E-state index contributed by atoms with van der Waals surface area (Å²) >= 11 is 1.28. The predicted octanol–water partition coefficient (Wildman–Crippen LogP) is 3.43. The van der Waals surface area contributed by atoms with Crippen LogP contribution in [0.4, 0.5) is 11.6 Å². The zero-order valence-electron chi connectivity index (χ0n) is 13.3. The van der Waals surface area contributed by atoms with Crippen LogP contribution >= 0.6 is 11.3 Å². The van der Waals surface area contributed by atoms with E-state index in [9.17, 15) is 20.2 Å². The first kappa shape index (κ1) is 16.5. The molecular formula is C15H8N6O5S. The monoisotopic (exact) mass is 384 g/mol. The molecule has 4 aromatic rings. The number of benzene rings is 1. The van der Waals surface area contributed by atoms with Crippen LogP contribution in [0.1, 0.15) is 11.6 Å². The van der Waals surface area contributed by atoms with E-state index in [1.807, 2.05) is 0 Å². The summed E-state index contributed by atoms with van der Waals surface area (Å²) in [4.78, 5) is 20.8. The summed E-state index contributed by atoms with van der Waals surface area (Å²) in [5.74, 6) is 0.355. The molecule has 0 fully saturated rings. The average molecular weight is 384 g/mol. The van der Waals surface area contributed by atoms with Crippen LogP contribution in [0, 0.1) is 20.2 Å². The fourth-order valence-corrected chi connectivity index (χ4v) is 3.12. The third kappa shape index (κ3) is 3.16. The molecule has 3 aromatic heterocycles. The molecule has 12 heteroatoms. The summed E-state index contributed by atoms with van der Waals surface area (Å²) in [6, 6.07) is 8.76. The van der Waals surface area contributed by atoms with E-state index in [2.05, 4.69) is 15.3 Å². The highest BCUT2D eigenvalue weighted by Gasteiger charge is 2.14. The molecule has 0 atom stereocenters. The van der Waals surface area contributed by atoms with Crippen molar-refractivity contribution < 1.29 is 14.3 Å². The zero-order chi connectivity index (χ0) is 19.0. The fourth-order valence-electron chi connectivity index (χ4n) is 2.26. The Balaban J connectivity index is 1.62. The Hall–Kier alpha value is -3.93. The molecule has 0 radical (unpaired) electrons. The lowest BCUT2D eigenvalue weighted by molar-refractivity contribution is -0.402. The van der Waals surface area contributed by atoms with Gasteiger partial charge >= 0.3 is 5.88 Å². The van der Waals surface area contributed by atoms with Crippen molar-refractivity contribution in [3.63, 3.8) is 0 Å². The Morgan fingerprint density at radius 2 is 1.78 bits per heavy atom. The number of non-ortho nitro benzene ring substituents is 1. The molecule has 0 amide bonds. The lowest BCUT2D eigenvalue weighted by atomic mass is 10.2. The highest BCUT2D eigenvalue weighted by atomic mass is 32.1. The molecule has 4 rings (SSSR count). The molecule has 0 saturated carbocycles. The van der Waals surface area contributed by atoms with E-state index >= 15 is 0 Å². The van der Waals surface area contributed by atoms with Gasteiger partial charge in [-0.05, 0) is 30.4 Å². The summed E-state index contributed by atoms with van der Waals surface area (Å²) in [6.45, 7) is 0. The first-order valence-electron chi connectivity index (χ1n) is 7.40. The smallest absolute Gasteiger partial charge is 0.401 e. The third-order valence-corrected chi connectivity index (χ3v) is 4.48. The Labute approximate surface area is 153 Å². The van der Waals surface area contributed by atoms with Gasteiger partial charge in [0.1, 0.15) is 15.7 Å². The average Bonchev–Trinajstić information content (AvgIpc) is 3.36. The minimum atomic E-state index is -0.622. The first-order valence-corrected chi connectivity index (χ1v) is 8.22. The zero-order valence-corrected chi connectivity index (χ0v) is 14.1. The Morgan fingerprint density at radius 3 is 2.44 bits per heavy atom. The van der Waals surface area contributed by atoms with Gasteiger partial charge in [-0.25, -0.2) is 0 Å². The van der Waals surface area contributed by atoms with E-state index in [-0.39, 0.29) is 11.6 Å². The number of rotatable bonds is 5. The summed E-state index contributed by atoms with van der Waals surface area (Å²) in [5.41, 5.74) is 0.714. The van der Waals surface area contributed by atoms with Gasteiger partial charge in [0.2, 0.25) is 4.96 Å². The van der Waals surface area contributed by atoms with Crippen LogP contribution in [0.3, 0.4) is 0 Å². The van der Waals surface area contributed by atoms with Gasteiger partial charge in [-0.2, -0.15) is 9.61 Å². The van der Waals surface area contributed by atoms with Crippen molar-refractivity contribution in [2.24, 2.45) is 0 Å². The Bertz CT molecular complexity index is 1190. The van der Waals surface area contributed by atoms with Gasteiger partial charge in [0.25, 0.3) is 5.69 Å². The SMILES string of the molecule is O=[N+]([O-])c1ccc(-c2nn3c(/C=C/c4ccc([N+](=O)[O-])o4)nnc3s2)cc1. The van der Waals surface area contributed by atoms with Crippen molar-refractivity contribution >= 4 is 40.0 Å². The summed E-state index contributed by atoms with van der Waals surface area (Å²) < 4.78 is 6.55. The van der Waals surface area contributed by atoms with E-state index in [1.165, 1.54) is 46.2 Å². The lowest BCUT2D eigenvalue weighted by Gasteiger charge is -1.95.